The third kappa shape index (κ3) is 4.23. The van der Waals surface area contributed by atoms with Crippen LogP contribution in [-0.4, -0.2) is 48.0 Å². The van der Waals surface area contributed by atoms with Gasteiger partial charge in [0.05, 0.1) is 5.41 Å². The minimum Gasteiger partial charge on any atom is -0.456 e. The highest BCUT2D eigenvalue weighted by atomic mass is 32.2. The summed E-state index contributed by atoms with van der Waals surface area (Å²) in [5.41, 5.74) is -5.50. The van der Waals surface area contributed by atoms with Gasteiger partial charge in [0.15, 0.2) is 0 Å². The molecule has 0 aromatic heterocycles. The van der Waals surface area contributed by atoms with Crippen LogP contribution in [-0.2, 0) is 29.2 Å². The minimum absolute atomic E-state index is 0.0181. The third-order valence-electron chi connectivity index (χ3n) is 6.47. The maximum Gasteiger partial charge on any atom is 0.429 e. The van der Waals surface area contributed by atoms with Crippen LogP contribution in [0.4, 0.5) is 13.2 Å². The lowest BCUT2D eigenvalue weighted by atomic mass is 9.48. The molecule has 4 bridgehead atoms. The predicted octanol–water partition coefficient (Wildman–Crippen LogP) is 3.20. The quantitative estimate of drug-likeness (QED) is 0.373. The summed E-state index contributed by atoms with van der Waals surface area (Å²) in [5.74, 6) is -3.62. The summed E-state index contributed by atoms with van der Waals surface area (Å²) in [6.07, 6.45) is -2.82. The Morgan fingerprint density at radius 3 is 2.13 bits per heavy atom. The molecular weight excluding hydrogens is 429 g/mol. The number of alkyl halides is 3. The van der Waals surface area contributed by atoms with Crippen molar-refractivity contribution in [1.29, 1.82) is 0 Å². The minimum atomic E-state index is -5.22. The van der Waals surface area contributed by atoms with Gasteiger partial charge in [-0.05, 0) is 57.8 Å². The molecule has 0 spiro atoms. The van der Waals surface area contributed by atoms with Crippen LogP contribution in [0.15, 0.2) is 12.2 Å². The van der Waals surface area contributed by atoms with Crippen LogP contribution in [0.1, 0.15) is 52.4 Å². The van der Waals surface area contributed by atoms with E-state index in [-0.39, 0.29) is 36.7 Å². The zero-order valence-corrected chi connectivity index (χ0v) is 17.6. The van der Waals surface area contributed by atoms with Gasteiger partial charge in [0.2, 0.25) is 5.60 Å². The summed E-state index contributed by atoms with van der Waals surface area (Å²) in [6, 6.07) is 0. The smallest absolute Gasteiger partial charge is 0.429 e. The van der Waals surface area contributed by atoms with Crippen molar-refractivity contribution >= 4 is 22.1 Å². The molecule has 3 atom stereocenters. The van der Waals surface area contributed by atoms with Gasteiger partial charge >= 0.3 is 18.1 Å². The van der Waals surface area contributed by atoms with Gasteiger partial charge in [-0.2, -0.15) is 21.6 Å². The molecule has 0 radical (unpaired) electrons. The molecule has 30 heavy (non-hydrogen) atoms. The molecule has 0 aromatic rings. The number of halogens is 3. The maximum atomic E-state index is 13.6. The van der Waals surface area contributed by atoms with Crippen molar-refractivity contribution in [2.75, 3.05) is 5.75 Å². The summed E-state index contributed by atoms with van der Waals surface area (Å²) in [5, 5.41) is 0. The highest BCUT2D eigenvalue weighted by molar-refractivity contribution is 7.85. The molecule has 4 fully saturated rings. The molecule has 0 aromatic carbocycles. The van der Waals surface area contributed by atoms with Crippen molar-refractivity contribution in [1.82, 2.24) is 0 Å². The molecule has 0 heterocycles. The van der Waals surface area contributed by atoms with E-state index in [4.69, 9.17) is 14.0 Å². The van der Waals surface area contributed by atoms with Gasteiger partial charge in [-0.25, -0.2) is 4.79 Å². The van der Waals surface area contributed by atoms with E-state index < -0.39 is 50.6 Å². The molecule has 1 N–H and O–H groups in total. The maximum absolute atomic E-state index is 13.6. The first-order chi connectivity index (χ1) is 13.5. The zero-order chi connectivity index (χ0) is 22.8. The van der Waals surface area contributed by atoms with E-state index in [1.807, 2.05) is 0 Å². The van der Waals surface area contributed by atoms with Crippen LogP contribution < -0.4 is 0 Å². The molecule has 7 nitrogen and oxygen atoms in total. The van der Waals surface area contributed by atoms with Gasteiger partial charge in [0.1, 0.15) is 11.4 Å². The molecule has 4 rings (SSSR count). The van der Waals surface area contributed by atoms with Gasteiger partial charge in [-0.15, -0.1) is 0 Å². The summed E-state index contributed by atoms with van der Waals surface area (Å²) in [6.45, 7) is 5.45. The van der Waals surface area contributed by atoms with E-state index in [1.165, 1.54) is 6.92 Å². The lowest BCUT2D eigenvalue weighted by Crippen LogP contribution is -2.62. The number of ether oxygens (including phenoxy) is 2. The lowest BCUT2D eigenvalue weighted by Gasteiger charge is -2.60. The molecule has 170 valence electrons. The lowest BCUT2D eigenvalue weighted by molar-refractivity contribution is -0.268. The molecule has 11 heteroatoms. The molecule has 0 amide bonds. The average Bonchev–Trinajstić information content (AvgIpc) is 2.49. The highest BCUT2D eigenvalue weighted by Crippen LogP contribution is 2.63. The molecule has 0 aliphatic heterocycles. The first-order valence-electron chi connectivity index (χ1n) is 9.62. The van der Waals surface area contributed by atoms with Gasteiger partial charge in [-0.1, -0.05) is 6.58 Å². The number of rotatable bonds is 6. The van der Waals surface area contributed by atoms with Crippen molar-refractivity contribution in [3.8, 4) is 0 Å². The second-order valence-corrected chi connectivity index (χ2v) is 10.9. The first kappa shape index (κ1) is 23.1. The summed E-state index contributed by atoms with van der Waals surface area (Å²) in [4.78, 5) is 25.2. The normalized spacial score (nSPS) is 34.9. The SMILES string of the molecule is C=C(C)C(=O)OC12CC3CC(C1)CC(C(=O)OC(C)(CS(=O)(=O)O)C(F)(F)F)(C3)C2. The van der Waals surface area contributed by atoms with Crippen molar-refractivity contribution < 1.29 is 45.2 Å². The zero-order valence-electron chi connectivity index (χ0n) is 16.8. The standard InChI is InChI=1S/C19H25F3O7S/c1-11(2)14(23)28-18-7-12-4-13(8-18)6-17(5-12,9-18)15(24)29-16(3,19(20,21)22)10-30(25,26)27/h12-13H,1,4-10H2,2-3H3,(H,25,26,27). The van der Waals surface area contributed by atoms with Crippen LogP contribution in [0.5, 0.6) is 0 Å². The van der Waals surface area contributed by atoms with E-state index in [1.54, 1.807) is 0 Å². The van der Waals surface area contributed by atoms with Gasteiger partial charge in [0, 0.05) is 12.0 Å². The number of hydrogen-bond acceptors (Lipinski definition) is 6. The van der Waals surface area contributed by atoms with E-state index >= 15 is 0 Å². The van der Waals surface area contributed by atoms with Crippen molar-refractivity contribution in [3.05, 3.63) is 12.2 Å². The van der Waals surface area contributed by atoms with E-state index in [0.29, 0.717) is 19.8 Å². The fourth-order valence-corrected chi connectivity index (χ4v) is 6.57. The van der Waals surface area contributed by atoms with Gasteiger partial charge in [-0.3, -0.25) is 9.35 Å². The van der Waals surface area contributed by atoms with E-state index in [2.05, 4.69) is 6.58 Å². The van der Waals surface area contributed by atoms with Crippen LogP contribution >= 0.6 is 0 Å². The Bertz CT molecular complexity index is 865. The second-order valence-electron chi connectivity index (χ2n) is 9.44. The van der Waals surface area contributed by atoms with Crippen LogP contribution in [0, 0.1) is 17.3 Å². The molecular formula is C19H25F3O7S. The number of carbonyl (C=O) groups excluding carboxylic acids is 2. The topological polar surface area (TPSA) is 107 Å². The monoisotopic (exact) mass is 454 g/mol. The molecule has 4 aliphatic rings. The number of esters is 2. The largest absolute Gasteiger partial charge is 0.456 e. The second kappa shape index (κ2) is 6.94. The molecule has 0 saturated heterocycles. The van der Waals surface area contributed by atoms with Crippen LogP contribution in [0.2, 0.25) is 0 Å². The Hall–Kier alpha value is -1.62. The Morgan fingerprint density at radius 2 is 1.70 bits per heavy atom. The van der Waals surface area contributed by atoms with Crippen molar-refractivity contribution in [3.63, 3.8) is 0 Å². The Labute approximate surface area is 172 Å². The fourth-order valence-electron chi connectivity index (χ4n) is 5.65. The summed E-state index contributed by atoms with van der Waals surface area (Å²) < 4.78 is 82.5. The van der Waals surface area contributed by atoms with Crippen LogP contribution in [0.3, 0.4) is 0 Å². The van der Waals surface area contributed by atoms with Crippen molar-refractivity contribution in [2.45, 2.75) is 69.8 Å². The van der Waals surface area contributed by atoms with E-state index in [0.717, 1.165) is 6.42 Å². The third-order valence-corrected chi connectivity index (χ3v) is 7.39. The summed E-state index contributed by atoms with van der Waals surface area (Å²) in [7, 11) is -5.08. The van der Waals surface area contributed by atoms with Gasteiger partial charge in [0.25, 0.3) is 10.1 Å². The highest BCUT2D eigenvalue weighted by Gasteiger charge is 2.65. The van der Waals surface area contributed by atoms with E-state index in [9.17, 15) is 31.2 Å². The molecule has 4 aliphatic carbocycles. The Balaban J connectivity index is 1.89. The molecule has 4 saturated carbocycles. The van der Waals surface area contributed by atoms with Crippen molar-refractivity contribution in [2.24, 2.45) is 17.3 Å². The van der Waals surface area contributed by atoms with Gasteiger partial charge < -0.3 is 9.47 Å². The Kier molecular flexibility index (Phi) is 5.34. The molecule has 3 unspecified atom stereocenters. The number of hydrogen-bond donors (Lipinski definition) is 1. The van der Waals surface area contributed by atoms with Crippen LogP contribution in [0.25, 0.3) is 0 Å². The predicted molar refractivity (Wildman–Crippen MR) is 97.7 cm³/mol. The Morgan fingerprint density at radius 1 is 1.17 bits per heavy atom. The summed E-state index contributed by atoms with van der Waals surface area (Å²) >= 11 is 0. The fraction of sp³-hybridized carbons (Fsp3) is 0.789. The first-order valence-corrected chi connectivity index (χ1v) is 11.2. The average molecular weight is 454 g/mol. The number of carbonyl (C=O) groups is 2.